The van der Waals surface area contributed by atoms with Gasteiger partial charge >= 0.3 is 6.03 Å². The Bertz CT molecular complexity index is 654. The lowest BCUT2D eigenvalue weighted by atomic mass is 9.93. The Hall–Kier alpha value is -2.50. The topological polar surface area (TPSA) is 76.4 Å². The van der Waals surface area contributed by atoms with E-state index in [0.717, 1.165) is 36.1 Å². The van der Waals surface area contributed by atoms with E-state index in [9.17, 15) is 4.79 Å². The van der Waals surface area contributed by atoms with Crippen LogP contribution in [0.1, 0.15) is 35.8 Å². The summed E-state index contributed by atoms with van der Waals surface area (Å²) in [6.07, 6.45) is 6.24. The number of rotatable bonds is 4. The Labute approximate surface area is 128 Å². The summed E-state index contributed by atoms with van der Waals surface area (Å²) in [5, 5.41) is 5.86. The molecule has 0 spiro atoms. The first-order valence-corrected chi connectivity index (χ1v) is 7.36. The lowest BCUT2D eigenvalue weighted by Gasteiger charge is -2.22. The van der Waals surface area contributed by atoms with Crippen LogP contribution in [0.2, 0.25) is 0 Å². The van der Waals surface area contributed by atoms with Crippen molar-refractivity contribution in [3.63, 3.8) is 0 Å². The van der Waals surface area contributed by atoms with Crippen molar-refractivity contribution in [2.45, 2.75) is 31.8 Å². The van der Waals surface area contributed by atoms with E-state index in [2.05, 4.69) is 15.6 Å². The second-order valence-corrected chi connectivity index (χ2v) is 5.28. The largest absolute Gasteiger partial charge is 0.481 e. The summed E-state index contributed by atoms with van der Waals surface area (Å²) < 4.78 is 10.5. The molecule has 2 amide bonds. The van der Waals surface area contributed by atoms with Crippen molar-refractivity contribution in [2.75, 3.05) is 7.11 Å². The van der Waals surface area contributed by atoms with E-state index in [-0.39, 0.29) is 12.1 Å². The zero-order valence-corrected chi connectivity index (χ0v) is 12.5. The van der Waals surface area contributed by atoms with Crippen LogP contribution in [0, 0.1) is 0 Å². The molecule has 0 aliphatic heterocycles. The number of urea groups is 1. The molecule has 22 heavy (non-hydrogen) atoms. The van der Waals surface area contributed by atoms with Crippen LogP contribution in [0.3, 0.4) is 0 Å². The number of aromatic nitrogens is 1. The summed E-state index contributed by atoms with van der Waals surface area (Å²) in [4.78, 5) is 16.1. The number of ether oxygens (including phenoxy) is 1. The van der Waals surface area contributed by atoms with Crippen LogP contribution in [0.25, 0.3) is 0 Å². The van der Waals surface area contributed by atoms with Gasteiger partial charge in [0, 0.05) is 30.8 Å². The van der Waals surface area contributed by atoms with E-state index in [4.69, 9.17) is 9.15 Å². The Balaban J connectivity index is 1.55. The lowest BCUT2D eigenvalue weighted by Crippen LogP contribution is -2.38. The number of amides is 2. The molecule has 2 N–H and O–H groups in total. The summed E-state index contributed by atoms with van der Waals surface area (Å²) in [5.74, 6) is 1.52. The van der Waals surface area contributed by atoms with E-state index in [0.29, 0.717) is 12.4 Å². The fourth-order valence-electron chi connectivity index (χ4n) is 2.70. The Morgan fingerprint density at radius 3 is 3.27 bits per heavy atom. The summed E-state index contributed by atoms with van der Waals surface area (Å²) in [6, 6.07) is 5.42. The van der Waals surface area contributed by atoms with Gasteiger partial charge in [0.25, 0.3) is 0 Å². The molecule has 6 nitrogen and oxygen atoms in total. The predicted octanol–water partition coefficient (Wildman–Crippen LogP) is 2.56. The van der Waals surface area contributed by atoms with Crippen LogP contribution in [-0.4, -0.2) is 18.1 Å². The third-order valence-corrected chi connectivity index (χ3v) is 3.82. The summed E-state index contributed by atoms with van der Waals surface area (Å²) >= 11 is 0. The van der Waals surface area contributed by atoms with Gasteiger partial charge in [-0.3, -0.25) is 0 Å². The lowest BCUT2D eigenvalue weighted by molar-refractivity contribution is 0.234. The number of aryl methyl sites for hydroxylation is 1. The average molecular weight is 301 g/mol. The van der Waals surface area contributed by atoms with Crippen LogP contribution in [0.15, 0.2) is 35.1 Å². The molecule has 1 aliphatic rings. The quantitative estimate of drug-likeness (QED) is 0.910. The molecule has 0 bridgehead atoms. The molecule has 6 heteroatoms. The molecule has 3 rings (SSSR count). The first-order valence-electron chi connectivity index (χ1n) is 7.36. The molecule has 2 heterocycles. The number of carbonyl (C=O) groups is 1. The minimum atomic E-state index is -0.185. The fourth-order valence-corrected chi connectivity index (χ4v) is 2.70. The minimum absolute atomic E-state index is 0.0227. The van der Waals surface area contributed by atoms with E-state index < -0.39 is 0 Å². The van der Waals surface area contributed by atoms with Crippen LogP contribution in [0.5, 0.6) is 5.88 Å². The smallest absolute Gasteiger partial charge is 0.315 e. The molecule has 116 valence electrons. The van der Waals surface area contributed by atoms with Crippen molar-refractivity contribution < 1.29 is 13.9 Å². The Morgan fingerprint density at radius 2 is 2.41 bits per heavy atom. The zero-order valence-electron chi connectivity index (χ0n) is 12.5. The van der Waals surface area contributed by atoms with Crippen molar-refractivity contribution >= 4 is 6.03 Å². The van der Waals surface area contributed by atoms with Crippen LogP contribution in [0.4, 0.5) is 4.79 Å². The third-order valence-electron chi connectivity index (χ3n) is 3.82. The normalized spacial score (nSPS) is 16.7. The van der Waals surface area contributed by atoms with Gasteiger partial charge in [-0.25, -0.2) is 9.78 Å². The molecule has 0 fully saturated rings. The molecule has 0 saturated carbocycles. The van der Waals surface area contributed by atoms with Gasteiger partial charge in [-0.15, -0.1) is 0 Å². The van der Waals surface area contributed by atoms with Crippen molar-refractivity contribution in [3.8, 4) is 5.88 Å². The number of pyridine rings is 1. The second-order valence-electron chi connectivity index (χ2n) is 5.28. The molecule has 0 saturated heterocycles. The Morgan fingerprint density at radius 1 is 1.50 bits per heavy atom. The van der Waals surface area contributed by atoms with E-state index >= 15 is 0 Å². The first-order chi connectivity index (χ1) is 10.8. The van der Waals surface area contributed by atoms with Gasteiger partial charge in [0.15, 0.2) is 0 Å². The van der Waals surface area contributed by atoms with Gasteiger partial charge in [-0.2, -0.15) is 0 Å². The summed E-state index contributed by atoms with van der Waals surface area (Å²) in [6.45, 7) is 0.426. The van der Waals surface area contributed by atoms with Crippen molar-refractivity contribution in [3.05, 3.63) is 47.5 Å². The van der Waals surface area contributed by atoms with Crippen molar-refractivity contribution in [2.24, 2.45) is 0 Å². The molecule has 1 aliphatic carbocycles. The number of nitrogens with one attached hydrogen (secondary N) is 2. The number of fused-ring (bicyclic) bond motifs is 1. The standard InChI is InChI=1S/C16H19N3O3/c1-21-15-9-11(5-7-17-15)10-18-16(20)19-13-3-2-4-14-12(13)6-8-22-14/h5-9,13H,2-4,10H2,1H3,(H2,18,19,20). The highest BCUT2D eigenvalue weighted by molar-refractivity contribution is 5.74. The number of hydrogen-bond acceptors (Lipinski definition) is 4. The van der Waals surface area contributed by atoms with E-state index in [1.165, 1.54) is 0 Å². The van der Waals surface area contributed by atoms with Crippen molar-refractivity contribution in [1.82, 2.24) is 15.6 Å². The maximum absolute atomic E-state index is 12.1. The Kier molecular flexibility index (Phi) is 4.27. The van der Waals surface area contributed by atoms with E-state index in [1.807, 2.05) is 12.1 Å². The minimum Gasteiger partial charge on any atom is -0.481 e. The van der Waals surface area contributed by atoms with Gasteiger partial charge < -0.3 is 19.8 Å². The maximum atomic E-state index is 12.1. The SMILES string of the molecule is COc1cc(CNC(=O)NC2CCCc3occc32)ccn1. The molecule has 2 aromatic rings. The molecule has 0 radical (unpaired) electrons. The maximum Gasteiger partial charge on any atom is 0.315 e. The van der Waals surface area contributed by atoms with Gasteiger partial charge in [-0.1, -0.05) is 0 Å². The number of hydrogen-bond donors (Lipinski definition) is 2. The molecule has 2 aromatic heterocycles. The molecule has 1 unspecified atom stereocenters. The average Bonchev–Trinajstić information content (AvgIpc) is 3.03. The fraction of sp³-hybridized carbons (Fsp3) is 0.375. The highest BCUT2D eigenvalue weighted by atomic mass is 16.5. The third kappa shape index (κ3) is 3.21. The van der Waals surface area contributed by atoms with E-state index in [1.54, 1.807) is 25.6 Å². The number of furan rings is 1. The number of methoxy groups -OCH3 is 1. The van der Waals surface area contributed by atoms with Gasteiger partial charge in [0.1, 0.15) is 5.76 Å². The summed E-state index contributed by atoms with van der Waals surface area (Å²) in [7, 11) is 1.57. The summed E-state index contributed by atoms with van der Waals surface area (Å²) in [5.41, 5.74) is 2.03. The van der Waals surface area contributed by atoms with Gasteiger partial charge in [0.2, 0.25) is 5.88 Å². The molecular weight excluding hydrogens is 282 g/mol. The predicted molar refractivity (Wildman–Crippen MR) is 80.5 cm³/mol. The van der Waals surface area contributed by atoms with Crippen LogP contribution < -0.4 is 15.4 Å². The van der Waals surface area contributed by atoms with Crippen LogP contribution >= 0.6 is 0 Å². The highest BCUT2D eigenvalue weighted by Gasteiger charge is 2.23. The number of nitrogens with zero attached hydrogens (tertiary/aromatic N) is 1. The van der Waals surface area contributed by atoms with Gasteiger partial charge in [0.05, 0.1) is 19.4 Å². The first kappa shape index (κ1) is 14.4. The van der Waals surface area contributed by atoms with Crippen molar-refractivity contribution in [1.29, 1.82) is 0 Å². The van der Waals surface area contributed by atoms with Crippen LogP contribution in [-0.2, 0) is 13.0 Å². The van der Waals surface area contributed by atoms with Gasteiger partial charge in [-0.05, 0) is 30.5 Å². The monoisotopic (exact) mass is 301 g/mol. The molecular formula is C16H19N3O3. The zero-order chi connectivity index (χ0) is 15.4. The number of carbonyl (C=O) groups excluding carboxylic acids is 1. The molecule has 1 atom stereocenters. The second kappa shape index (κ2) is 6.51. The highest BCUT2D eigenvalue weighted by Crippen LogP contribution is 2.30. The molecule has 0 aromatic carbocycles.